The zero-order valence-corrected chi connectivity index (χ0v) is 13.3. The predicted molar refractivity (Wildman–Crippen MR) is 86.0 cm³/mol. The van der Waals surface area contributed by atoms with Crippen molar-refractivity contribution in [1.29, 1.82) is 0 Å². The first kappa shape index (κ1) is 15.6. The Morgan fingerprint density at radius 1 is 1.39 bits per heavy atom. The van der Waals surface area contributed by atoms with E-state index in [0.717, 1.165) is 43.9 Å². The van der Waals surface area contributed by atoms with Gasteiger partial charge in [0.05, 0.1) is 4.92 Å². The minimum absolute atomic E-state index is 0.200. The molecule has 0 unspecified atom stereocenters. The number of hydrogen-bond acceptors (Lipinski definition) is 5. The van der Waals surface area contributed by atoms with Gasteiger partial charge in [0, 0.05) is 37.2 Å². The lowest BCUT2D eigenvalue weighted by atomic mass is 9.96. The number of likely N-dealkylation sites (tertiary alicyclic amines) is 1. The fourth-order valence-corrected chi connectivity index (χ4v) is 3.30. The second-order valence-electron chi connectivity index (χ2n) is 5.94. The lowest BCUT2D eigenvalue weighted by molar-refractivity contribution is -0.385. The number of aromatic nitrogens is 3. The smallest absolute Gasteiger partial charge is 0.273 e. The third-order valence-corrected chi connectivity index (χ3v) is 4.44. The van der Waals surface area contributed by atoms with Crippen molar-refractivity contribution >= 4 is 5.69 Å². The SMILES string of the molecule is CCn1cnnc1[C@@H]1CCCN(Cc2ccccc2[N+](=O)[O-])C1. The first-order valence-corrected chi connectivity index (χ1v) is 8.01. The molecule has 0 aliphatic carbocycles. The third-order valence-electron chi connectivity index (χ3n) is 4.44. The van der Waals surface area contributed by atoms with Gasteiger partial charge in [-0.2, -0.15) is 0 Å². The molecule has 2 heterocycles. The summed E-state index contributed by atoms with van der Waals surface area (Å²) in [6.07, 6.45) is 3.93. The number of hydrogen-bond donors (Lipinski definition) is 0. The van der Waals surface area contributed by atoms with Gasteiger partial charge in [-0.05, 0) is 26.3 Å². The molecule has 1 aliphatic heterocycles. The molecular formula is C16H21N5O2. The van der Waals surface area contributed by atoms with Gasteiger partial charge in [-0.3, -0.25) is 15.0 Å². The summed E-state index contributed by atoms with van der Waals surface area (Å²) < 4.78 is 2.08. The summed E-state index contributed by atoms with van der Waals surface area (Å²) in [6.45, 7) is 5.38. The third kappa shape index (κ3) is 3.39. The maximum absolute atomic E-state index is 11.2. The van der Waals surface area contributed by atoms with E-state index < -0.39 is 0 Å². The molecule has 0 radical (unpaired) electrons. The van der Waals surface area contributed by atoms with Crippen LogP contribution in [0, 0.1) is 10.1 Å². The molecular weight excluding hydrogens is 294 g/mol. The Balaban J connectivity index is 1.74. The number of nitrogens with zero attached hydrogens (tertiary/aromatic N) is 5. The number of aryl methyl sites for hydroxylation is 1. The van der Waals surface area contributed by atoms with Crippen LogP contribution >= 0.6 is 0 Å². The summed E-state index contributed by atoms with van der Waals surface area (Å²) in [5.41, 5.74) is 0.974. The highest BCUT2D eigenvalue weighted by molar-refractivity contribution is 5.39. The van der Waals surface area contributed by atoms with Crippen molar-refractivity contribution in [3.63, 3.8) is 0 Å². The lowest BCUT2D eigenvalue weighted by Gasteiger charge is -2.32. The van der Waals surface area contributed by atoms with Crippen LogP contribution < -0.4 is 0 Å². The van der Waals surface area contributed by atoms with Gasteiger partial charge < -0.3 is 4.57 Å². The molecule has 7 nitrogen and oxygen atoms in total. The molecule has 0 N–H and O–H groups in total. The molecule has 1 aromatic carbocycles. The molecule has 0 bridgehead atoms. The first-order valence-electron chi connectivity index (χ1n) is 8.01. The summed E-state index contributed by atoms with van der Waals surface area (Å²) in [4.78, 5) is 13.1. The molecule has 1 aliphatic rings. The standard InChI is InChI=1S/C16H21N5O2/c1-2-20-12-17-18-16(20)14-7-5-9-19(11-14)10-13-6-3-4-8-15(13)21(22)23/h3-4,6,8,12,14H,2,5,7,9-11H2,1H3/t14-/m1/s1. The van der Waals surface area contributed by atoms with E-state index in [1.54, 1.807) is 18.5 Å². The monoisotopic (exact) mass is 315 g/mol. The summed E-state index contributed by atoms with van der Waals surface area (Å²) in [7, 11) is 0. The highest BCUT2D eigenvalue weighted by Crippen LogP contribution is 2.28. The fourth-order valence-electron chi connectivity index (χ4n) is 3.30. The highest BCUT2D eigenvalue weighted by atomic mass is 16.6. The van der Waals surface area contributed by atoms with Crippen molar-refractivity contribution in [1.82, 2.24) is 19.7 Å². The molecule has 7 heteroatoms. The second-order valence-corrected chi connectivity index (χ2v) is 5.94. The number of benzene rings is 1. The Morgan fingerprint density at radius 3 is 3.00 bits per heavy atom. The molecule has 122 valence electrons. The van der Waals surface area contributed by atoms with E-state index in [1.165, 1.54) is 0 Å². The van der Waals surface area contributed by atoms with Crippen molar-refractivity contribution in [3.8, 4) is 0 Å². The summed E-state index contributed by atoms with van der Waals surface area (Å²) in [5.74, 6) is 1.37. The van der Waals surface area contributed by atoms with Gasteiger partial charge in [0.15, 0.2) is 0 Å². The van der Waals surface area contributed by atoms with Crippen LogP contribution in [0.3, 0.4) is 0 Å². The molecule has 1 fully saturated rings. The maximum Gasteiger partial charge on any atom is 0.273 e. The van der Waals surface area contributed by atoms with E-state index in [1.807, 2.05) is 12.1 Å². The van der Waals surface area contributed by atoms with Crippen molar-refractivity contribution in [3.05, 3.63) is 52.1 Å². The summed E-state index contributed by atoms with van der Waals surface area (Å²) >= 11 is 0. The Hall–Kier alpha value is -2.28. The number of nitro benzene ring substituents is 1. The zero-order chi connectivity index (χ0) is 16.2. The zero-order valence-electron chi connectivity index (χ0n) is 13.3. The van der Waals surface area contributed by atoms with Gasteiger partial charge in [0.25, 0.3) is 5.69 Å². The fraction of sp³-hybridized carbons (Fsp3) is 0.500. The molecule has 2 aromatic rings. The van der Waals surface area contributed by atoms with Crippen molar-refractivity contribution < 1.29 is 4.92 Å². The number of para-hydroxylation sites is 1. The molecule has 0 spiro atoms. The number of piperidine rings is 1. The van der Waals surface area contributed by atoms with Crippen LogP contribution in [-0.4, -0.2) is 37.7 Å². The largest absolute Gasteiger partial charge is 0.318 e. The average molecular weight is 315 g/mol. The van der Waals surface area contributed by atoms with Crippen LogP contribution in [0.15, 0.2) is 30.6 Å². The van der Waals surface area contributed by atoms with Gasteiger partial charge in [0.2, 0.25) is 0 Å². The van der Waals surface area contributed by atoms with Crippen molar-refractivity contribution in [2.24, 2.45) is 0 Å². The normalized spacial score (nSPS) is 18.9. The van der Waals surface area contributed by atoms with Crippen LogP contribution in [0.2, 0.25) is 0 Å². The Kier molecular flexibility index (Phi) is 4.66. The van der Waals surface area contributed by atoms with Gasteiger partial charge in [-0.15, -0.1) is 10.2 Å². The van der Waals surface area contributed by atoms with E-state index >= 15 is 0 Å². The summed E-state index contributed by atoms with van der Waals surface area (Å²) in [6, 6.07) is 6.99. The van der Waals surface area contributed by atoms with Crippen LogP contribution in [0.5, 0.6) is 0 Å². The molecule has 1 saturated heterocycles. The van der Waals surface area contributed by atoms with E-state index in [9.17, 15) is 10.1 Å². The van der Waals surface area contributed by atoms with E-state index in [0.29, 0.717) is 12.5 Å². The Bertz CT molecular complexity index is 685. The topological polar surface area (TPSA) is 77.1 Å². The molecule has 23 heavy (non-hydrogen) atoms. The number of rotatable bonds is 5. The van der Waals surface area contributed by atoms with Crippen LogP contribution in [0.4, 0.5) is 5.69 Å². The van der Waals surface area contributed by atoms with Crippen LogP contribution in [-0.2, 0) is 13.1 Å². The van der Waals surface area contributed by atoms with E-state index in [-0.39, 0.29) is 10.6 Å². The van der Waals surface area contributed by atoms with Gasteiger partial charge in [0.1, 0.15) is 12.2 Å². The average Bonchev–Trinajstić information content (AvgIpc) is 3.04. The number of nitro groups is 1. The second kappa shape index (κ2) is 6.87. The van der Waals surface area contributed by atoms with E-state index in [2.05, 4.69) is 26.6 Å². The lowest BCUT2D eigenvalue weighted by Crippen LogP contribution is -2.35. The quantitative estimate of drug-likeness (QED) is 0.626. The van der Waals surface area contributed by atoms with E-state index in [4.69, 9.17) is 0 Å². The Morgan fingerprint density at radius 2 is 2.22 bits per heavy atom. The first-order chi connectivity index (χ1) is 11.2. The van der Waals surface area contributed by atoms with Gasteiger partial charge >= 0.3 is 0 Å². The molecule has 1 aromatic heterocycles. The molecule has 3 rings (SSSR count). The predicted octanol–water partition coefficient (Wildman–Crippen LogP) is 2.59. The van der Waals surface area contributed by atoms with Crippen molar-refractivity contribution in [2.45, 2.75) is 38.8 Å². The van der Waals surface area contributed by atoms with Crippen LogP contribution in [0.1, 0.15) is 37.1 Å². The maximum atomic E-state index is 11.2. The molecule has 0 amide bonds. The van der Waals surface area contributed by atoms with Gasteiger partial charge in [-0.25, -0.2) is 0 Å². The van der Waals surface area contributed by atoms with Gasteiger partial charge in [-0.1, -0.05) is 18.2 Å². The Labute approximate surface area is 135 Å². The minimum Gasteiger partial charge on any atom is -0.318 e. The minimum atomic E-state index is -0.301. The molecule has 0 saturated carbocycles. The van der Waals surface area contributed by atoms with Crippen molar-refractivity contribution in [2.75, 3.05) is 13.1 Å². The summed E-state index contributed by atoms with van der Waals surface area (Å²) in [5, 5.41) is 19.5. The highest BCUT2D eigenvalue weighted by Gasteiger charge is 2.26. The molecule has 1 atom stereocenters. The van der Waals surface area contributed by atoms with Crippen LogP contribution in [0.25, 0.3) is 0 Å².